The predicted molar refractivity (Wildman–Crippen MR) is 184 cm³/mol. The molecule has 2 aromatic rings. The zero-order valence-corrected chi connectivity index (χ0v) is 33.6. The third-order valence-corrected chi connectivity index (χ3v) is 9.13. The molecule has 0 aromatic heterocycles. The van der Waals surface area contributed by atoms with Gasteiger partial charge < -0.3 is 32.5 Å². The van der Waals surface area contributed by atoms with Crippen LogP contribution < -0.4 is 51.1 Å². The third-order valence-electron chi connectivity index (χ3n) is 6.91. The summed E-state index contributed by atoms with van der Waals surface area (Å²) in [5.41, 5.74) is 3.20. The zero-order valence-electron chi connectivity index (χ0n) is 23.9. The first-order valence-corrected chi connectivity index (χ1v) is 28.0. The Balaban J connectivity index is 0.00000191. The molecule has 12 heteroatoms. The Hall–Kier alpha value is 0.510. The number of thiocarbonyl (C=S) groups is 1. The van der Waals surface area contributed by atoms with Gasteiger partial charge in [0.1, 0.15) is 0 Å². The molecule has 1 aliphatic rings. The van der Waals surface area contributed by atoms with Crippen LogP contribution in [0.3, 0.4) is 0 Å². The molecule has 1 unspecified atom stereocenters. The molecule has 0 saturated heterocycles. The van der Waals surface area contributed by atoms with Crippen molar-refractivity contribution in [2.45, 2.75) is 75.8 Å². The SMILES string of the molecule is CCCCC1(CCCC)CS(=O)(=O)c2ccc(N(C)C)cc2C(c2cccc(NC(=S)NCC)c2)N1.I[I-]I.[Br-]. The molecule has 228 valence electrons. The number of hydrogen-bond acceptors (Lipinski definition) is 5. The number of anilines is 2. The number of nitrogens with one attached hydrogen (secondary N) is 3. The van der Waals surface area contributed by atoms with Gasteiger partial charge in [0.25, 0.3) is 0 Å². The first kappa shape index (κ1) is 38.5. The average Bonchev–Trinajstić information content (AvgIpc) is 2.99. The van der Waals surface area contributed by atoms with Gasteiger partial charge in [0.2, 0.25) is 0 Å². The van der Waals surface area contributed by atoms with Gasteiger partial charge in [0.05, 0.1) is 16.7 Å². The van der Waals surface area contributed by atoms with Crippen molar-refractivity contribution in [3.05, 3.63) is 53.6 Å². The number of unbranched alkanes of at least 4 members (excludes halogenated alkanes) is 2. The van der Waals surface area contributed by atoms with Crippen LogP contribution in [-0.2, 0) is 9.84 Å². The summed E-state index contributed by atoms with van der Waals surface area (Å²) in [6, 6.07) is 13.6. The van der Waals surface area contributed by atoms with Crippen molar-refractivity contribution in [3.8, 4) is 0 Å². The van der Waals surface area contributed by atoms with Crippen molar-refractivity contribution in [2.24, 2.45) is 0 Å². The summed E-state index contributed by atoms with van der Waals surface area (Å²) in [5.74, 6) is 0.118. The molecule has 2 aromatic carbocycles. The number of rotatable bonds is 10. The summed E-state index contributed by atoms with van der Waals surface area (Å²) in [5, 5.41) is 10.9. The maximum Gasteiger partial charge on any atom is -1.00 e. The molecule has 3 N–H and O–H groups in total. The Kier molecular flexibility index (Phi) is 18.3. The van der Waals surface area contributed by atoms with Gasteiger partial charge in [-0.15, -0.1) is 0 Å². The summed E-state index contributed by atoms with van der Waals surface area (Å²) < 4.78 is 27.8. The van der Waals surface area contributed by atoms with Crippen molar-refractivity contribution in [1.29, 1.82) is 0 Å². The van der Waals surface area contributed by atoms with E-state index in [-0.39, 0.29) is 28.8 Å². The fourth-order valence-corrected chi connectivity index (χ4v) is 7.36. The van der Waals surface area contributed by atoms with Crippen molar-refractivity contribution in [2.75, 3.05) is 36.6 Å². The van der Waals surface area contributed by atoms with Gasteiger partial charge in [-0.1, -0.05) is 51.7 Å². The largest absolute Gasteiger partial charge is 1.00 e. The van der Waals surface area contributed by atoms with Gasteiger partial charge in [0.15, 0.2) is 14.9 Å². The van der Waals surface area contributed by atoms with E-state index >= 15 is 0 Å². The number of benzene rings is 2. The van der Waals surface area contributed by atoms with Crippen molar-refractivity contribution < 1.29 is 38.7 Å². The number of nitrogens with zero attached hydrogens (tertiary/aromatic N) is 1. The van der Waals surface area contributed by atoms with Crippen LogP contribution >= 0.6 is 49.4 Å². The van der Waals surface area contributed by atoms with Crippen LogP contribution in [0.5, 0.6) is 0 Å². The number of hydrogen-bond donors (Lipinski definition) is 3. The normalized spacial score (nSPS) is 16.8. The van der Waals surface area contributed by atoms with E-state index in [9.17, 15) is 8.42 Å². The third kappa shape index (κ3) is 11.2. The topological polar surface area (TPSA) is 73.5 Å². The van der Waals surface area contributed by atoms with E-state index in [1.54, 1.807) is 6.07 Å². The molecule has 40 heavy (non-hydrogen) atoms. The minimum atomic E-state index is -3.49. The van der Waals surface area contributed by atoms with Crippen molar-refractivity contribution in [1.82, 2.24) is 10.6 Å². The Morgan fingerprint density at radius 1 is 1.10 bits per heavy atom. The van der Waals surface area contributed by atoms with E-state index in [1.807, 2.05) is 50.2 Å². The van der Waals surface area contributed by atoms with Crippen LogP contribution in [0.2, 0.25) is 0 Å². The first-order chi connectivity index (χ1) is 18.6. The maximum absolute atomic E-state index is 13.9. The smallest absolute Gasteiger partial charge is 1.00 e. The van der Waals surface area contributed by atoms with E-state index in [1.165, 1.54) is 0 Å². The average molecular weight is 991 g/mol. The zero-order chi connectivity index (χ0) is 29.1. The van der Waals surface area contributed by atoms with Gasteiger partial charge in [0, 0.05) is 37.6 Å². The molecular weight excluding hydrogens is 949 g/mol. The maximum atomic E-state index is 13.9. The Morgan fingerprint density at radius 2 is 1.73 bits per heavy atom. The Morgan fingerprint density at radius 3 is 2.27 bits per heavy atom. The minimum Gasteiger partial charge on any atom is -1.00 e. The van der Waals surface area contributed by atoms with E-state index in [0.717, 1.165) is 67.6 Å². The molecule has 0 aliphatic carbocycles. The second kappa shape index (κ2) is 19.0. The molecule has 0 radical (unpaired) electrons. The Labute approximate surface area is 287 Å². The van der Waals surface area contributed by atoms with Crippen molar-refractivity contribution in [3.63, 3.8) is 0 Å². The Bertz CT molecular complexity index is 1180. The van der Waals surface area contributed by atoms with E-state index in [4.69, 9.17) is 12.2 Å². The van der Waals surface area contributed by atoms with E-state index in [2.05, 4.69) is 79.2 Å². The molecule has 1 aliphatic heterocycles. The summed E-state index contributed by atoms with van der Waals surface area (Å²) >= 11 is 10.7. The molecule has 0 spiro atoms. The molecule has 0 bridgehead atoms. The van der Waals surface area contributed by atoms with Gasteiger partial charge in [-0.2, -0.15) is 0 Å². The van der Waals surface area contributed by atoms with E-state index < -0.39 is 15.4 Å². The van der Waals surface area contributed by atoms with Gasteiger partial charge in [-0.3, -0.25) is 5.32 Å². The van der Waals surface area contributed by atoms with Crippen molar-refractivity contribution >= 4 is 75.8 Å². The molecule has 1 atom stereocenters. The summed E-state index contributed by atoms with van der Waals surface area (Å²) in [7, 11) is 0.467. The molecular formula is C28H42BrI3N4O2S2-2. The number of sulfone groups is 1. The summed E-state index contributed by atoms with van der Waals surface area (Å²) in [6.45, 7) is 7.07. The molecule has 1 heterocycles. The van der Waals surface area contributed by atoms with Crippen LogP contribution in [0.4, 0.5) is 11.4 Å². The number of fused-ring (bicyclic) bond motifs is 1. The predicted octanol–water partition coefficient (Wildman–Crippen LogP) is 1.42. The number of halogens is 4. The van der Waals surface area contributed by atoms with Crippen LogP contribution in [0.1, 0.15) is 76.5 Å². The van der Waals surface area contributed by atoms with Gasteiger partial charge in [-0.05, 0) is 73.4 Å². The molecule has 0 amide bonds. The van der Waals surface area contributed by atoms with E-state index in [0.29, 0.717) is 23.3 Å². The monoisotopic (exact) mass is 990 g/mol. The standard InChI is InChI=1S/C28H42N4O2S2.BrH.I3/c1-6-9-16-28(17-10-7-2)20-36(33,34)25-15-14-23(32(4)5)19-24(25)26(31-28)21-12-11-13-22(18-21)30-27(35)29-8-3;;1-3-2/h11-15,18-19,26,31H,6-10,16-17,20H2,1-5H3,(H2,29,30,35);1H;/q;;-1/p-1. The van der Waals surface area contributed by atoms with Crippen LogP contribution in [0.25, 0.3) is 0 Å². The second-order valence-electron chi connectivity index (χ2n) is 10.1. The molecule has 3 rings (SSSR count). The fraction of sp³-hybridized carbons (Fsp3) is 0.536. The van der Waals surface area contributed by atoms with Crippen LogP contribution in [-0.4, -0.2) is 45.5 Å². The first-order valence-electron chi connectivity index (χ1n) is 13.4. The summed E-state index contributed by atoms with van der Waals surface area (Å²) in [6.07, 6.45) is 5.68. The minimum absolute atomic E-state index is 0. The van der Waals surface area contributed by atoms with Crippen LogP contribution in [0.15, 0.2) is 47.4 Å². The molecule has 6 nitrogen and oxygen atoms in total. The van der Waals surface area contributed by atoms with Gasteiger partial charge >= 0.3 is 50.5 Å². The fourth-order valence-electron chi connectivity index (χ4n) is 5.03. The van der Waals surface area contributed by atoms with Crippen LogP contribution in [0, 0.1) is 0 Å². The quantitative estimate of drug-likeness (QED) is 0.246. The van der Waals surface area contributed by atoms with Gasteiger partial charge in [-0.25, -0.2) is 8.42 Å². The molecule has 0 fully saturated rings. The second-order valence-corrected chi connectivity index (χ2v) is 28.7. The molecule has 0 saturated carbocycles. The summed E-state index contributed by atoms with van der Waals surface area (Å²) in [4.78, 5) is 2.45.